The smallest absolute Gasteiger partial charge is 0.222 e. The minimum atomic E-state index is -0.128. The van der Waals surface area contributed by atoms with E-state index < -0.39 is 0 Å². The first kappa shape index (κ1) is 14.2. The normalized spacial score (nSPS) is 13.8. The molecule has 2 unspecified atom stereocenters. The Labute approximate surface area is 118 Å². The number of nitrogens with two attached hydrogens (primary N) is 1. The quantitative estimate of drug-likeness (QED) is 0.856. The molecule has 106 valence electrons. The number of hydrogen-bond donors (Lipinski definition) is 2. The van der Waals surface area contributed by atoms with Gasteiger partial charge in [0.2, 0.25) is 5.91 Å². The minimum Gasteiger partial charge on any atom is -0.350 e. The lowest BCUT2D eigenvalue weighted by Gasteiger charge is -2.15. The van der Waals surface area contributed by atoms with Gasteiger partial charge in [-0.3, -0.25) is 4.79 Å². The Bertz CT molecular complexity index is 547. The zero-order valence-electron chi connectivity index (χ0n) is 11.7. The third kappa shape index (κ3) is 3.64. The topological polar surface area (TPSA) is 85.8 Å². The van der Waals surface area contributed by atoms with E-state index in [1.807, 2.05) is 38.1 Å². The van der Waals surface area contributed by atoms with Crippen LogP contribution in [0.1, 0.15) is 31.9 Å². The molecule has 0 saturated carbocycles. The van der Waals surface area contributed by atoms with Crippen LogP contribution in [0.4, 0.5) is 0 Å². The van der Waals surface area contributed by atoms with E-state index in [0.29, 0.717) is 6.42 Å². The molecule has 0 aliphatic rings. The van der Waals surface area contributed by atoms with Gasteiger partial charge in [0, 0.05) is 12.5 Å². The number of amides is 1. The summed E-state index contributed by atoms with van der Waals surface area (Å²) >= 11 is 0. The molecule has 0 bridgehead atoms. The number of aromatic nitrogens is 3. The summed E-state index contributed by atoms with van der Waals surface area (Å²) in [4.78, 5) is 11.7. The summed E-state index contributed by atoms with van der Waals surface area (Å²) in [5.41, 5.74) is 7.57. The van der Waals surface area contributed by atoms with Crippen molar-refractivity contribution in [2.24, 2.45) is 5.73 Å². The molecule has 0 radical (unpaired) electrons. The molecule has 2 rings (SSSR count). The average molecular weight is 273 g/mol. The number of nitrogens with zero attached hydrogens (tertiary/aromatic N) is 3. The van der Waals surface area contributed by atoms with E-state index in [0.717, 1.165) is 11.3 Å². The highest BCUT2D eigenvalue weighted by atomic mass is 16.1. The Hall–Kier alpha value is -2.21. The van der Waals surface area contributed by atoms with Crippen molar-refractivity contribution in [2.75, 3.05) is 0 Å². The van der Waals surface area contributed by atoms with E-state index in [4.69, 9.17) is 5.73 Å². The van der Waals surface area contributed by atoms with Gasteiger partial charge in [-0.05, 0) is 31.5 Å². The average Bonchev–Trinajstić information content (AvgIpc) is 2.91. The summed E-state index contributed by atoms with van der Waals surface area (Å²) in [6.45, 7) is 3.76. The van der Waals surface area contributed by atoms with Crippen LogP contribution < -0.4 is 11.1 Å². The molecule has 0 spiro atoms. The van der Waals surface area contributed by atoms with Crippen molar-refractivity contribution in [1.29, 1.82) is 0 Å². The molecule has 1 amide bonds. The van der Waals surface area contributed by atoms with Gasteiger partial charge < -0.3 is 11.1 Å². The second-order valence-electron chi connectivity index (χ2n) is 4.91. The summed E-state index contributed by atoms with van der Waals surface area (Å²) in [6, 6.07) is 7.64. The van der Waals surface area contributed by atoms with Crippen molar-refractivity contribution < 1.29 is 4.79 Å². The zero-order chi connectivity index (χ0) is 14.5. The number of carbonyl (C=O) groups excluding carboxylic acids is 1. The molecule has 0 aliphatic carbocycles. The molecule has 6 heteroatoms. The van der Waals surface area contributed by atoms with E-state index >= 15 is 0 Å². The van der Waals surface area contributed by atoms with Gasteiger partial charge in [-0.2, -0.15) is 0 Å². The van der Waals surface area contributed by atoms with Gasteiger partial charge in [-0.25, -0.2) is 4.68 Å². The van der Waals surface area contributed by atoms with Gasteiger partial charge in [0.05, 0.1) is 24.1 Å². The van der Waals surface area contributed by atoms with Crippen LogP contribution in [0.5, 0.6) is 0 Å². The van der Waals surface area contributed by atoms with Crippen LogP contribution in [0.3, 0.4) is 0 Å². The molecule has 2 atom stereocenters. The predicted molar refractivity (Wildman–Crippen MR) is 76.2 cm³/mol. The lowest BCUT2D eigenvalue weighted by atomic mass is 10.1. The number of rotatable bonds is 5. The molecule has 3 N–H and O–H groups in total. The second-order valence-corrected chi connectivity index (χ2v) is 4.91. The molecule has 2 aromatic rings. The lowest BCUT2D eigenvalue weighted by molar-refractivity contribution is -0.122. The third-order valence-corrected chi connectivity index (χ3v) is 2.97. The molecule has 1 aromatic heterocycles. The van der Waals surface area contributed by atoms with E-state index in [2.05, 4.69) is 15.6 Å². The SMILES string of the molecule is CC(N)CC(=O)NC(C)c1ccc(-n2ccnn2)cc1. The molecule has 20 heavy (non-hydrogen) atoms. The van der Waals surface area contributed by atoms with Gasteiger partial charge in [-0.1, -0.05) is 17.3 Å². The molecular weight excluding hydrogens is 254 g/mol. The summed E-state index contributed by atoms with van der Waals surface area (Å²) < 4.78 is 1.68. The highest BCUT2D eigenvalue weighted by Crippen LogP contribution is 2.15. The monoisotopic (exact) mass is 273 g/mol. The van der Waals surface area contributed by atoms with Crippen molar-refractivity contribution in [3.05, 3.63) is 42.2 Å². The van der Waals surface area contributed by atoms with Gasteiger partial charge in [-0.15, -0.1) is 5.10 Å². The number of benzene rings is 1. The number of nitrogens with one attached hydrogen (secondary N) is 1. The summed E-state index contributed by atoms with van der Waals surface area (Å²) in [7, 11) is 0. The van der Waals surface area contributed by atoms with E-state index in [-0.39, 0.29) is 18.0 Å². The largest absolute Gasteiger partial charge is 0.350 e. The van der Waals surface area contributed by atoms with Crippen molar-refractivity contribution in [2.45, 2.75) is 32.4 Å². The predicted octanol–water partition coefficient (Wildman–Crippen LogP) is 1.18. The maximum Gasteiger partial charge on any atom is 0.222 e. The molecule has 6 nitrogen and oxygen atoms in total. The fraction of sp³-hybridized carbons (Fsp3) is 0.357. The Kier molecular flexibility index (Phi) is 4.47. The standard InChI is InChI=1S/C14H19N5O/c1-10(15)9-14(20)17-11(2)12-3-5-13(6-4-12)19-8-7-16-18-19/h3-8,10-11H,9,15H2,1-2H3,(H,17,20). The zero-order valence-corrected chi connectivity index (χ0v) is 11.7. The van der Waals surface area contributed by atoms with Crippen LogP contribution in [0.25, 0.3) is 5.69 Å². The van der Waals surface area contributed by atoms with Crippen LogP contribution in [-0.4, -0.2) is 26.9 Å². The number of carbonyl (C=O) groups is 1. The second kappa shape index (κ2) is 6.29. The lowest BCUT2D eigenvalue weighted by Crippen LogP contribution is -2.31. The molecule has 0 saturated heterocycles. The first-order chi connectivity index (χ1) is 9.56. The fourth-order valence-electron chi connectivity index (χ4n) is 1.94. The first-order valence-corrected chi connectivity index (χ1v) is 6.58. The summed E-state index contributed by atoms with van der Waals surface area (Å²) in [5, 5.41) is 10.6. The minimum absolute atomic E-state index is 0.0344. The molecule has 1 aromatic carbocycles. The van der Waals surface area contributed by atoms with Crippen LogP contribution >= 0.6 is 0 Å². The molecular formula is C14H19N5O. The highest BCUT2D eigenvalue weighted by molar-refractivity contribution is 5.77. The fourth-order valence-corrected chi connectivity index (χ4v) is 1.94. The van der Waals surface area contributed by atoms with Gasteiger partial charge in [0.15, 0.2) is 0 Å². The van der Waals surface area contributed by atoms with Crippen LogP contribution in [-0.2, 0) is 4.79 Å². The summed E-state index contributed by atoms with van der Waals surface area (Å²) in [6.07, 6.45) is 3.75. The molecule has 0 aliphatic heterocycles. The van der Waals surface area contributed by atoms with Crippen molar-refractivity contribution in [1.82, 2.24) is 20.3 Å². The molecule has 0 fully saturated rings. The van der Waals surface area contributed by atoms with Gasteiger partial charge in [0.25, 0.3) is 0 Å². The van der Waals surface area contributed by atoms with Crippen LogP contribution in [0.2, 0.25) is 0 Å². The maximum absolute atomic E-state index is 11.7. The Morgan fingerprint density at radius 2 is 2.05 bits per heavy atom. The van der Waals surface area contributed by atoms with E-state index in [9.17, 15) is 4.79 Å². The van der Waals surface area contributed by atoms with Crippen molar-refractivity contribution in [3.63, 3.8) is 0 Å². The van der Waals surface area contributed by atoms with Crippen molar-refractivity contribution in [3.8, 4) is 5.69 Å². The van der Waals surface area contributed by atoms with Gasteiger partial charge >= 0.3 is 0 Å². The Morgan fingerprint density at radius 1 is 1.35 bits per heavy atom. The Balaban J connectivity index is 2.01. The molecule has 1 heterocycles. The third-order valence-electron chi connectivity index (χ3n) is 2.97. The van der Waals surface area contributed by atoms with E-state index in [1.54, 1.807) is 17.1 Å². The Morgan fingerprint density at radius 3 is 2.60 bits per heavy atom. The van der Waals surface area contributed by atoms with Gasteiger partial charge in [0.1, 0.15) is 0 Å². The van der Waals surface area contributed by atoms with Crippen LogP contribution in [0.15, 0.2) is 36.7 Å². The number of hydrogen-bond acceptors (Lipinski definition) is 4. The van der Waals surface area contributed by atoms with Crippen LogP contribution in [0, 0.1) is 0 Å². The van der Waals surface area contributed by atoms with Crippen molar-refractivity contribution >= 4 is 5.91 Å². The highest BCUT2D eigenvalue weighted by Gasteiger charge is 2.11. The summed E-state index contributed by atoms with van der Waals surface area (Å²) in [5.74, 6) is -0.0344. The van der Waals surface area contributed by atoms with E-state index in [1.165, 1.54) is 0 Å². The maximum atomic E-state index is 11.7. The first-order valence-electron chi connectivity index (χ1n) is 6.58.